The van der Waals surface area contributed by atoms with Crippen molar-refractivity contribution in [3.8, 4) is 11.3 Å². The largest absolute Gasteiger partial charge is 0.392 e. The SMILES string of the molecule is CCC(C)C(O)CNCc1cn[nH]c1-c1cccnc1. The number of hydrogen-bond donors (Lipinski definition) is 3. The summed E-state index contributed by atoms with van der Waals surface area (Å²) in [7, 11) is 0. The summed E-state index contributed by atoms with van der Waals surface area (Å²) in [6.45, 7) is 5.41. The van der Waals surface area contributed by atoms with Crippen LogP contribution < -0.4 is 5.32 Å². The number of aromatic nitrogens is 3. The smallest absolute Gasteiger partial charge is 0.0710 e. The van der Waals surface area contributed by atoms with Crippen LogP contribution in [0.15, 0.2) is 30.7 Å². The molecule has 0 aliphatic rings. The van der Waals surface area contributed by atoms with E-state index in [1.54, 1.807) is 6.20 Å². The first-order valence-corrected chi connectivity index (χ1v) is 7.03. The van der Waals surface area contributed by atoms with E-state index in [2.05, 4.69) is 34.3 Å². The molecule has 20 heavy (non-hydrogen) atoms. The molecule has 0 amide bonds. The van der Waals surface area contributed by atoms with Crippen molar-refractivity contribution in [3.05, 3.63) is 36.3 Å². The van der Waals surface area contributed by atoms with Crippen LogP contribution in [0.1, 0.15) is 25.8 Å². The summed E-state index contributed by atoms with van der Waals surface area (Å²) in [5, 5.41) is 20.3. The Morgan fingerprint density at radius 3 is 2.95 bits per heavy atom. The van der Waals surface area contributed by atoms with Crippen LogP contribution in [-0.4, -0.2) is 32.9 Å². The van der Waals surface area contributed by atoms with Gasteiger partial charge in [-0.25, -0.2) is 0 Å². The van der Waals surface area contributed by atoms with Crippen LogP contribution in [-0.2, 0) is 6.54 Å². The van der Waals surface area contributed by atoms with E-state index < -0.39 is 0 Å². The molecule has 5 heteroatoms. The van der Waals surface area contributed by atoms with Crippen LogP contribution in [0.25, 0.3) is 11.3 Å². The maximum absolute atomic E-state index is 9.94. The van der Waals surface area contributed by atoms with Crippen molar-refractivity contribution in [2.75, 3.05) is 6.54 Å². The third-order valence-electron chi connectivity index (χ3n) is 3.64. The number of hydrogen-bond acceptors (Lipinski definition) is 4. The molecule has 0 aliphatic carbocycles. The van der Waals surface area contributed by atoms with E-state index in [0.717, 1.165) is 23.2 Å². The van der Waals surface area contributed by atoms with Crippen molar-refractivity contribution in [2.24, 2.45) is 5.92 Å². The predicted molar refractivity (Wildman–Crippen MR) is 79.0 cm³/mol. The first-order chi connectivity index (χ1) is 9.72. The van der Waals surface area contributed by atoms with Gasteiger partial charge in [-0.15, -0.1) is 0 Å². The van der Waals surface area contributed by atoms with Gasteiger partial charge in [0, 0.05) is 36.6 Å². The van der Waals surface area contributed by atoms with Gasteiger partial charge in [0.05, 0.1) is 18.0 Å². The Hall–Kier alpha value is -1.72. The highest BCUT2D eigenvalue weighted by Gasteiger charge is 2.12. The van der Waals surface area contributed by atoms with Crippen molar-refractivity contribution >= 4 is 0 Å². The molecule has 108 valence electrons. The lowest BCUT2D eigenvalue weighted by Gasteiger charge is -2.17. The van der Waals surface area contributed by atoms with Crippen molar-refractivity contribution in [3.63, 3.8) is 0 Å². The molecule has 2 aromatic rings. The number of aliphatic hydroxyl groups is 1. The Labute approximate surface area is 119 Å². The van der Waals surface area contributed by atoms with Gasteiger partial charge >= 0.3 is 0 Å². The zero-order valence-electron chi connectivity index (χ0n) is 12.0. The van der Waals surface area contributed by atoms with Crippen LogP contribution in [0, 0.1) is 5.92 Å². The highest BCUT2D eigenvalue weighted by molar-refractivity contribution is 5.61. The molecule has 2 rings (SSSR count). The fraction of sp³-hybridized carbons (Fsp3) is 0.467. The van der Waals surface area contributed by atoms with E-state index in [0.29, 0.717) is 19.0 Å². The monoisotopic (exact) mass is 274 g/mol. The maximum Gasteiger partial charge on any atom is 0.0710 e. The van der Waals surface area contributed by atoms with Crippen molar-refractivity contribution < 1.29 is 5.11 Å². The van der Waals surface area contributed by atoms with E-state index in [1.165, 1.54) is 0 Å². The van der Waals surface area contributed by atoms with E-state index >= 15 is 0 Å². The van der Waals surface area contributed by atoms with Gasteiger partial charge in [-0.1, -0.05) is 20.3 Å². The maximum atomic E-state index is 9.94. The van der Waals surface area contributed by atoms with E-state index in [-0.39, 0.29) is 6.10 Å². The fourth-order valence-corrected chi connectivity index (χ4v) is 2.03. The second-order valence-corrected chi connectivity index (χ2v) is 5.10. The van der Waals surface area contributed by atoms with Crippen LogP contribution in [0.2, 0.25) is 0 Å². The molecule has 0 spiro atoms. The standard InChI is InChI=1S/C15H22N4O/c1-3-11(2)14(20)10-17-8-13-9-18-19-15(13)12-5-4-6-16-7-12/h4-7,9,11,14,17,20H,3,8,10H2,1-2H3,(H,18,19). The normalized spacial score (nSPS) is 14.2. The minimum absolute atomic E-state index is 0.310. The summed E-state index contributed by atoms with van der Waals surface area (Å²) in [6, 6.07) is 3.90. The van der Waals surface area contributed by atoms with Crippen molar-refractivity contribution in [2.45, 2.75) is 32.9 Å². The van der Waals surface area contributed by atoms with Gasteiger partial charge in [0.1, 0.15) is 0 Å². The average Bonchev–Trinajstić information content (AvgIpc) is 2.95. The van der Waals surface area contributed by atoms with Gasteiger partial charge < -0.3 is 10.4 Å². The fourth-order valence-electron chi connectivity index (χ4n) is 2.03. The number of aliphatic hydroxyl groups excluding tert-OH is 1. The Balaban J connectivity index is 1.93. The minimum atomic E-state index is -0.311. The first kappa shape index (κ1) is 14.7. The molecule has 3 N–H and O–H groups in total. The molecule has 0 fully saturated rings. The Morgan fingerprint density at radius 1 is 1.40 bits per heavy atom. The van der Waals surface area contributed by atoms with Crippen molar-refractivity contribution in [1.29, 1.82) is 0 Å². The Bertz CT molecular complexity index is 512. The van der Waals surface area contributed by atoms with Gasteiger partial charge in [0.15, 0.2) is 0 Å². The predicted octanol–water partition coefficient (Wildman–Crippen LogP) is 1.97. The van der Waals surface area contributed by atoms with Crippen LogP contribution >= 0.6 is 0 Å². The molecule has 0 saturated carbocycles. The summed E-state index contributed by atoms with van der Waals surface area (Å²) in [5.41, 5.74) is 3.07. The van der Waals surface area contributed by atoms with Gasteiger partial charge in [-0.2, -0.15) is 5.10 Å². The lowest BCUT2D eigenvalue weighted by atomic mass is 10.0. The Kier molecular flexibility index (Phi) is 5.26. The molecule has 2 atom stereocenters. The molecule has 2 heterocycles. The molecule has 2 unspecified atom stereocenters. The quantitative estimate of drug-likeness (QED) is 0.721. The minimum Gasteiger partial charge on any atom is -0.392 e. The van der Waals surface area contributed by atoms with E-state index in [9.17, 15) is 5.11 Å². The number of H-pyrrole nitrogens is 1. The molecule has 0 aromatic carbocycles. The van der Waals surface area contributed by atoms with Gasteiger partial charge in [0.2, 0.25) is 0 Å². The molecule has 0 aliphatic heterocycles. The molecular formula is C15H22N4O. The van der Waals surface area contributed by atoms with E-state index in [1.807, 2.05) is 24.5 Å². The van der Waals surface area contributed by atoms with Gasteiger partial charge in [-0.05, 0) is 18.1 Å². The first-order valence-electron chi connectivity index (χ1n) is 7.03. The van der Waals surface area contributed by atoms with Crippen LogP contribution in [0.4, 0.5) is 0 Å². The summed E-state index contributed by atoms with van der Waals surface area (Å²) in [4.78, 5) is 4.12. The lowest BCUT2D eigenvalue weighted by Crippen LogP contribution is -2.31. The summed E-state index contributed by atoms with van der Waals surface area (Å²) in [5.74, 6) is 0.310. The topological polar surface area (TPSA) is 73.8 Å². The second-order valence-electron chi connectivity index (χ2n) is 5.10. The number of rotatable bonds is 7. The van der Waals surface area contributed by atoms with Crippen LogP contribution in [0.5, 0.6) is 0 Å². The highest BCUT2D eigenvalue weighted by atomic mass is 16.3. The molecule has 5 nitrogen and oxygen atoms in total. The molecule has 0 saturated heterocycles. The van der Waals surface area contributed by atoms with Crippen LogP contribution in [0.3, 0.4) is 0 Å². The third kappa shape index (κ3) is 3.65. The summed E-state index contributed by atoms with van der Waals surface area (Å²) >= 11 is 0. The number of pyridine rings is 1. The number of nitrogens with one attached hydrogen (secondary N) is 2. The third-order valence-corrected chi connectivity index (χ3v) is 3.64. The number of aromatic amines is 1. The summed E-state index contributed by atoms with van der Waals surface area (Å²) in [6.07, 6.45) is 6.04. The van der Waals surface area contributed by atoms with Gasteiger partial charge in [-0.3, -0.25) is 10.1 Å². The van der Waals surface area contributed by atoms with Gasteiger partial charge in [0.25, 0.3) is 0 Å². The lowest BCUT2D eigenvalue weighted by molar-refractivity contribution is 0.113. The summed E-state index contributed by atoms with van der Waals surface area (Å²) < 4.78 is 0. The Morgan fingerprint density at radius 2 is 2.25 bits per heavy atom. The molecular weight excluding hydrogens is 252 g/mol. The second kappa shape index (κ2) is 7.17. The highest BCUT2D eigenvalue weighted by Crippen LogP contribution is 2.19. The average molecular weight is 274 g/mol. The van der Waals surface area contributed by atoms with Crippen molar-refractivity contribution in [1.82, 2.24) is 20.5 Å². The molecule has 0 bridgehead atoms. The molecule has 2 aromatic heterocycles. The number of nitrogens with zero attached hydrogens (tertiary/aromatic N) is 2. The zero-order chi connectivity index (χ0) is 14.4. The van der Waals surface area contributed by atoms with E-state index in [4.69, 9.17) is 0 Å². The molecule has 0 radical (unpaired) electrons. The zero-order valence-corrected chi connectivity index (χ0v) is 12.0.